The second kappa shape index (κ2) is 9.11. The van der Waals surface area contributed by atoms with E-state index in [1.54, 1.807) is 30.3 Å². The first-order valence-electron chi connectivity index (χ1n) is 10.5. The third kappa shape index (κ3) is 4.75. The summed E-state index contributed by atoms with van der Waals surface area (Å²) in [6, 6.07) is 11.9. The number of hydrogen-bond donors (Lipinski definition) is 1. The number of nitrogens with zero attached hydrogens (tertiary/aromatic N) is 2. The van der Waals surface area contributed by atoms with Gasteiger partial charge in [-0.25, -0.2) is 4.39 Å². The van der Waals surface area contributed by atoms with Gasteiger partial charge < -0.3 is 10.2 Å². The average molecular weight is 440 g/mol. The molecule has 0 saturated carbocycles. The molecule has 0 bridgehead atoms. The predicted octanol–water partition coefficient (Wildman–Crippen LogP) is 6.53. The number of amides is 1. The molecule has 1 heterocycles. The Morgan fingerprint density at radius 1 is 1.39 bits per heavy atom. The molecule has 0 aliphatic carbocycles. The SMILES string of the molecule is CCCN1c2cc(F)c(/C=C(\C#N)C(=O)Nc3ccccc3Cl)cc2C(C)CC1(C)C. The number of anilines is 2. The van der Waals surface area contributed by atoms with Gasteiger partial charge in [0.25, 0.3) is 5.91 Å². The van der Waals surface area contributed by atoms with E-state index in [2.05, 4.69) is 37.9 Å². The Morgan fingerprint density at radius 2 is 2.10 bits per heavy atom. The molecule has 162 valence electrons. The monoisotopic (exact) mass is 439 g/mol. The van der Waals surface area contributed by atoms with Gasteiger partial charge in [0.15, 0.2) is 0 Å². The van der Waals surface area contributed by atoms with E-state index < -0.39 is 11.7 Å². The van der Waals surface area contributed by atoms with Crippen molar-refractivity contribution in [3.05, 3.63) is 63.9 Å². The number of nitrogens with one attached hydrogen (secondary N) is 1. The van der Waals surface area contributed by atoms with Crippen LogP contribution in [0.1, 0.15) is 57.6 Å². The van der Waals surface area contributed by atoms with Crippen LogP contribution in [0, 0.1) is 17.1 Å². The van der Waals surface area contributed by atoms with Crippen molar-refractivity contribution < 1.29 is 9.18 Å². The third-order valence-electron chi connectivity index (χ3n) is 5.74. The van der Waals surface area contributed by atoms with Crippen LogP contribution in [0.4, 0.5) is 15.8 Å². The van der Waals surface area contributed by atoms with Gasteiger partial charge in [-0.2, -0.15) is 5.26 Å². The van der Waals surface area contributed by atoms with Gasteiger partial charge in [-0.3, -0.25) is 4.79 Å². The van der Waals surface area contributed by atoms with Crippen molar-refractivity contribution in [3.8, 4) is 6.07 Å². The fraction of sp³-hybridized carbons (Fsp3) is 0.360. The summed E-state index contributed by atoms with van der Waals surface area (Å²) in [6.45, 7) is 9.44. The van der Waals surface area contributed by atoms with Crippen molar-refractivity contribution in [2.45, 2.75) is 52.0 Å². The largest absolute Gasteiger partial charge is 0.366 e. The van der Waals surface area contributed by atoms with Crippen LogP contribution in [0.2, 0.25) is 5.02 Å². The first-order valence-corrected chi connectivity index (χ1v) is 10.8. The molecule has 0 fully saturated rings. The molecule has 31 heavy (non-hydrogen) atoms. The lowest BCUT2D eigenvalue weighted by molar-refractivity contribution is -0.112. The standard InChI is InChI=1S/C25H27ClFN3O/c1-5-10-30-23-13-21(27)17(12-19(23)16(2)14-25(30,3)4)11-18(15-28)24(31)29-22-9-7-6-8-20(22)26/h6-9,11-13,16H,5,10,14H2,1-4H3,(H,29,31)/b18-11+. The number of carbonyl (C=O) groups is 1. The Kier molecular flexibility index (Phi) is 6.71. The Balaban J connectivity index is 1.98. The third-order valence-corrected chi connectivity index (χ3v) is 6.07. The zero-order chi connectivity index (χ0) is 22.8. The van der Waals surface area contributed by atoms with Crippen LogP contribution in [0.3, 0.4) is 0 Å². The maximum atomic E-state index is 15.1. The van der Waals surface area contributed by atoms with Gasteiger partial charge in [0.2, 0.25) is 0 Å². The maximum absolute atomic E-state index is 15.1. The highest BCUT2D eigenvalue weighted by Gasteiger charge is 2.36. The zero-order valence-electron chi connectivity index (χ0n) is 18.3. The van der Waals surface area contributed by atoms with E-state index in [1.165, 1.54) is 12.1 Å². The minimum Gasteiger partial charge on any atom is -0.366 e. The molecule has 4 nitrogen and oxygen atoms in total. The molecule has 3 rings (SSSR count). The van der Waals surface area contributed by atoms with Gasteiger partial charge in [-0.15, -0.1) is 0 Å². The zero-order valence-corrected chi connectivity index (χ0v) is 19.1. The molecule has 1 aliphatic heterocycles. The number of carbonyl (C=O) groups excluding carboxylic acids is 1. The van der Waals surface area contributed by atoms with Crippen molar-refractivity contribution in [1.29, 1.82) is 5.26 Å². The summed E-state index contributed by atoms with van der Waals surface area (Å²) in [5.41, 5.74) is 2.29. The van der Waals surface area contributed by atoms with E-state index in [1.807, 2.05) is 6.07 Å². The predicted molar refractivity (Wildman–Crippen MR) is 125 cm³/mol. The first-order chi connectivity index (χ1) is 14.7. The summed E-state index contributed by atoms with van der Waals surface area (Å²) in [6.07, 6.45) is 3.20. The van der Waals surface area contributed by atoms with Crippen molar-refractivity contribution in [2.75, 3.05) is 16.8 Å². The summed E-state index contributed by atoms with van der Waals surface area (Å²) in [4.78, 5) is 14.9. The molecule has 1 aliphatic rings. The highest BCUT2D eigenvalue weighted by molar-refractivity contribution is 6.34. The lowest BCUT2D eigenvalue weighted by Crippen LogP contribution is -2.48. The molecule has 1 atom stereocenters. The van der Waals surface area contributed by atoms with Gasteiger partial charge in [-0.1, -0.05) is 37.6 Å². The Morgan fingerprint density at radius 3 is 2.74 bits per heavy atom. The van der Waals surface area contributed by atoms with Crippen LogP contribution < -0.4 is 10.2 Å². The lowest BCUT2D eigenvalue weighted by atomic mass is 9.79. The molecule has 2 aromatic carbocycles. The second-order valence-electron chi connectivity index (χ2n) is 8.61. The molecule has 0 aromatic heterocycles. The molecular weight excluding hydrogens is 413 g/mol. The van der Waals surface area contributed by atoms with Gasteiger partial charge in [0, 0.05) is 23.3 Å². The normalized spacial score (nSPS) is 17.6. The first kappa shape index (κ1) is 22.8. The molecule has 2 aromatic rings. The quantitative estimate of drug-likeness (QED) is 0.425. The minimum atomic E-state index is -0.630. The molecule has 1 unspecified atom stereocenters. The van der Waals surface area contributed by atoms with Crippen LogP contribution in [-0.4, -0.2) is 18.0 Å². The Labute approximate surface area is 188 Å². The number of fused-ring (bicyclic) bond motifs is 1. The van der Waals surface area contributed by atoms with Crippen molar-refractivity contribution in [1.82, 2.24) is 0 Å². The molecule has 6 heteroatoms. The second-order valence-corrected chi connectivity index (χ2v) is 9.01. The fourth-order valence-corrected chi connectivity index (χ4v) is 4.52. The summed E-state index contributed by atoms with van der Waals surface area (Å²) in [7, 11) is 0. The van der Waals surface area contributed by atoms with E-state index in [-0.39, 0.29) is 22.6 Å². The molecule has 0 saturated heterocycles. The summed E-state index contributed by atoms with van der Waals surface area (Å²) >= 11 is 6.08. The van der Waals surface area contributed by atoms with Crippen LogP contribution in [0.5, 0.6) is 0 Å². The molecular formula is C25H27ClFN3O. The highest BCUT2D eigenvalue weighted by Crippen LogP contribution is 2.44. The summed E-state index contributed by atoms with van der Waals surface area (Å²) < 4.78 is 15.1. The number of hydrogen-bond acceptors (Lipinski definition) is 3. The fourth-order valence-electron chi connectivity index (χ4n) is 4.33. The summed E-state index contributed by atoms with van der Waals surface area (Å²) in [5.74, 6) is -0.856. The van der Waals surface area contributed by atoms with Crippen LogP contribution in [-0.2, 0) is 4.79 Å². The smallest absolute Gasteiger partial charge is 0.266 e. The van der Waals surface area contributed by atoms with Crippen molar-refractivity contribution in [2.24, 2.45) is 0 Å². The molecule has 0 radical (unpaired) electrons. The number of nitriles is 1. The highest BCUT2D eigenvalue weighted by atomic mass is 35.5. The van der Waals surface area contributed by atoms with E-state index in [0.29, 0.717) is 10.7 Å². The Hall–Kier alpha value is -2.84. The van der Waals surface area contributed by atoms with E-state index in [9.17, 15) is 10.1 Å². The lowest BCUT2D eigenvalue weighted by Gasteiger charge is -2.47. The number of halogens is 2. The topological polar surface area (TPSA) is 56.1 Å². The van der Waals surface area contributed by atoms with Gasteiger partial charge in [0.05, 0.1) is 10.7 Å². The molecule has 1 amide bonds. The molecule has 1 N–H and O–H groups in total. The van der Waals surface area contributed by atoms with Crippen LogP contribution in [0.25, 0.3) is 6.08 Å². The van der Waals surface area contributed by atoms with Gasteiger partial charge >= 0.3 is 0 Å². The number of rotatable bonds is 5. The Bertz CT molecular complexity index is 1070. The number of benzene rings is 2. The molecule has 0 spiro atoms. The van der Waals surface area contributed by atoms with Gasteiger partial charge in [-0.05, 0) is 68.5 Å². The average Bonchev–Trinajstić information content (AvgIpc) is 2.71. The van der Waals surface area contributed by atoms with Crippen molar-refractivity contribution >= 4 is 35.0 Å². The van der Waals surface area contributed by atoms with E-state index >= 15 is 4.39 Å². The number of para-hydroxylation sites is 1. The van der Waals surface area contributed by atoms with Crippen LogP contribution in [0.15, 0.2) is 42.0 Å². The van der Waals surface area contributed by atoms with Crippen LogP contribution >= 0.6 is 11.6 Å². The summed E-state index contributed by atoms with van der Waals surface area (Å²) in [5, 5.41) is 12.5. The van der Waals surface area contributed by atoms with E-state index in [4.69, 9.17) is 11.6 Å². The van der Waals surface area contributed by atoms with Crippen molar-refractivity contribution in [3.63, 3.8) is 0 Å². The van der Waals surface area contributed by atoms with E-state index in [0.717, 1.165) is 30.6 Å². The van der Waals surface area contributed by atoms with Gasteiger partial charge in [0.1, 0.15) is 17.5 Å². The minimum absolute atomic E-state index is 0.0706. The maximum Gasteiger partial charge on any atom is 0.266 e.